The predicted molar refractivity (Wildman–Crippen MR) is 79.4 cm³/mol. The average molecular weight is 278 g/mol. The van der Waals surface area contributed by atoms with E-state index in [0.717, 1.165) is 44.2 Å². The summed E-state index contributed by atoms with van der Waals surface area (Å²) in [7, 11) is 0. The van der Waals surface area contributed by atoms with Gasteiger partial charge in [-0.3, -0.25) is 4.90 Å². The van der Waals surface area contributed by atoms with Gasteiger partial charge in [0.15, 0.2) is 5.82 Å². The summed E-state index contributed by atoms with van der Waals surface area (Å²) in [6, 6.07) is 0.471. The monoisotopic (exact) mass is 278 g/mol. The third-order valence-corrected chi connectivity index (χ3v) is 3.42. The van der Waals surface area contributed by atoms with E-state index in [1.165, 1.54) is 6.42 Å². The predicted octanol–water partition coefficient (Wildman–Crippen LogP) is 1.76. The molecule has 20 heavy (non-hydrogen) atoms. The zero-order valence-electron chi connectivity index (χ0n) is 12.8. The van der Waals surface area contributed by atoms with Crippen molar-refractivity contribution in [3.63, 3.8) is 0 Å². The smallest absolute Gasteiger partial charge is 0.158 e. The minimum atomic E-state index is 0.0161. The Morgan fingerprint density at radius 1 is 1.40 bits per heavy atom. The van der Waals surface area contributed by atoms with Crippen LogP contribution in [0.5, 0.6) is 0 Å². The zero-order chi connectivity index (χ0) is 14.4. The molecule has 5 nitrogen and oxygen atoms in total. The lowest BCUT2D eigenvalue weighted by molar-refractivity contribution is -0.0342. The van der Waals surface area contributed by atoms with E-state index in [9.17, 15) is 0 Å². The highest BCUT2D eigenvalue weighted by Gasteiger charge is 2.23. The number of hydrogen-bond acceptors (Lipinski definition) is 5. The van der Waals surface area contributed by atoms with Crippen molar-refractivity contribution in [1.29, 1.82) is 0 Å². The Labute approximate surface area is 121 Å². The maximum atomic E-state index is 5.80. The van der Waals surface area contributed by atoms with Crippen LogP contribution in [0.3, 0.4) is 0 Å². The molecule has 5 heteroatoms. The molecule has 0 saturated carbocycles. The van der Waals surface area contributed by atoms with Gasteiger partial charge in [-0.2, -0.15) is 0 Å². The van der Waals surface area contributed by atoms with Crippen molar-refractivity contribution in [1.82, 2.24) is 20.2 Å². The number of hydrogen-bond donors (Lipinski definition) is 1. The Morgan fingerprint density at radius 3 is 2.80 bits per heavy atom. The summed E-state index contributed by atoms with van der Waals surface area (Å²) >= 11 is 0. The molecular formula is C15H26N4O. The first kappa shape index (κ1) is 15.4. The summed E-state index contributed by atoms with van der Waals surface area (Å²) in [6.45, 7) is 11.1. The Bertz CT molecular complexity index is 391. The quantitative estimate of drug-likeness (QED) is 0.859. The van der Waals surface area contributed by atoms with Crippen LogP contribution in [0.15, 0.2) is 12.4 Å². The molecule has 2 rings (SSSR count). The maximum Gasteiger partial charge on any atom is 0.158 e. The van der Waals surface area contributed by atoms with E-state index < -0.39 is 0 Å². The van der Waals surface area contributed by atoms with Gasteiger partial charge in [-0.25, -0.2) is 9.97 Å². The first-order valence-electron chi connectivity index (χ1n) is 7.57. The summed E-state index contributed by atoms with van der Waals surface area (Å²) < 4.78 is 5.80. The number of nitrogens with one attached hydrogen (secondary N) is 1. The third kappa shape index (κ3) is 4.51. The van der Waals surface area contributed by atoms with Crippen LogP contribution in [-0.4, -0.2) is 47.2 Å². The van der Waals surface area contributed by atoms with Gasteiger partial charge in [0.2, 0.25) is 0 Å². The molecule has 1 aliphatic heterocycles. The fourth-order valence-electron chi connectivity index (χ4n) is 2.32. The van der Waals surface area contributed by atoms with E-state index in [0.29, 0.717) is 6.04 Å². The number of morpholine rings is 1. The maximum absolute atomic E-state index is 5.80. The van der Waals surface area contributed by atoms with Crippen LogP contribution in [0.1, 0.15) is 44.7 Å². The standard InChI is InChI=1S/C15H26N4O/c1-4-5-19-6-7-20-14(11-19)15-17-9-13(10-18-15)8-16-12(2)3/h9-10,12,14,16H,4-8,11H2,1-3H3. The molecule has 0 aromatic carbocycles. The minimum Gasteiger partial charge on any atom is -0.368 e. The molecule has 1 fully saturated rings. The summed E-state index contributed by atoms with van der Waals surface area (Å²) in [5.41, 5.74) is 1.11. The van der Waals surface area contributed by atoms with E-state index in [2.05, 4.69) is 41.0 Å². The van der Waals surface area contributed by atoms with Crippen molar-refractivity contribution < 1.29 is 4.74 Å². The average Bonchev–Trinajstić information content (AvgIpc) is 2.46. The zero-order valence-corrected chi connectivity index (χ0v) is 12.8. The summed E-state index contributed by atoms with van der Waals surface area (Å²) in [5.74, 6) is 0.805. The van der Waals surface area contributed by atoms with Crippen molar-refractivity contribution in [3.8, 4) is 0 Å². The SMILES string of the molecule is CCCN1CCOC(c2ncc(CNC(C)C)cn2)C1. The molecule has 1 aromatic rings. The molecule has 1 aromatic heterocycles. The molecule has 1 saturated heterocycles. The highest BCUT2D eigenvalue weighted by molar-refractivity contribution is 5.07. The second kappa shape index (κ2) is 7.67. The number of rotatable bonds is 6. The molecule has 0 amide bonds. The van der Waals surface area contributed by atoms with Gasteiger partial charge in [0, 0.05) is 43.6 Å². The lowest BCUT2D eigenvalue weighted by Crippen LogP contribution is -2.39. The fraction of sp³-hybridized carbons (Fsp3) is 0.733. The topological polar surface area (TPSA) is 50.3 Å². The Kier molecular flexibility index (Phi) is 5.88. The molecule has 112 valence electrons. The van der Waals surface area contributed by atoms with Crippen LogP contribution in [-0.2, 0) is 11.3 Å². The summed E-state index contributed by atoms with van der Waals surface area (Å²) in [5, 5.41) is 3.37. The van der Waals surface area contributed by atoms with E-state index in [-0.39, 0.29) is 6.10 Å². The van der Waals surface area contributed by atoms with Crippen LogP contribution < -0.4 is 5.32 Å². The van der Waals surface area contributed by atoms with Gasteiger partial charge in [-0.05, 0) is 13.0 Å². The van der Waals surface area contributed by atoms with Crippen molar-refractivity contribution in [2.24, 2.45) is 0 Å². The highest BCUT2D eigenvalue weighted by Crippen LogP contribution is 2.18. The second-order valence-corrected chi connectivity index (χ2v) is 5.65. The summed E-state index contributed by atoms with van der Waals surface area (Å²) in [4.78, 5) is 11.4. The van der Waals surface area contributed by atoms with E-state index in [4.69, 9.17) is 4.74 Å². The van der Waals surface area contributed by atoms with Gasteiger partial charge in [-0.15, -0.1) is 0 Å². The lowest BCUT2D eigenvalue weighted by Gasteiger charge is -2.31. The molecule has 1 aliphatic rings. The highest BCUT2D eigenvalue weighted by atomic mass is 16.5. The van der Waals surface area contributed by atoms with Crippen molar-refractivity contribution >= 4 is 0 Å². The summed E-state index contributed by atoms with van der Waals surface area (Å²) in [6.07, 6.45) is 5.00. The van der Waals surface area contributed by atoms with Gasteiger partial charge in [0.25, 0.3) is 0 Å². The van der Waals surface area contributed by atoms with E-state index in [1.807, 2.05) is 12.4 Å². The molecule has 0 aliphatic carbocycles. The van der Waals surface area contributed by atoms with Crippen LogP contribution in [0.25, 0.3) is 0 Å². The molecule has 1 N–H and O–H groups in total. The molecule has 0 spiro atoms. The van der Waals surface area contributed by atoms with Crippen LogP contribution >= 0.6 is 0 Å². The van der Waals surface area contributed by atoms with Gasteiger partial charge < -0.3 is 10.1 Å². The van der Waals surface area contributed by atoms with E-state index >= 15 is 0 Å². The molecule has 0 radical (unpaired) electrons. The number of ether oxygens (including phenoxy) is 1. The Balaban J connectivity index is 1.91. The van der Waals surface area contributed by atoms with Gasteiger partial charge in [0.1, 0.15) is 6.10 Å². The first-order valence-corrected chi connectivity index (χ1v) is 7.57. The fourth-order valence-corrected chi connectivity index (χ4v) is 2.32. The van der Waals surface area contributed by atoms with Crippen molar-refractivity contribution in [3.05, 3.63) is 23.8 Å². The Hall–Kier alpha value is -1.04. The van der Waals surface area contributed by atoms with Crippen LogP contribution in [0, 0.1) is 0 Å². The third-order valence-electron chi connectivity index (χ3n) is 3.42. The van der Waals surface area contributed by atoms with Crippen LogP contribution in [0.2, 0.25) is 0 Å². The minimum absolute atomic E-state index is 0.0161. The van der Waals surface area contributed by atoms with Gasteiger partial charge in [-0.1, -0.05) is 20.8 Å². The normalized spacial score (nSPS) is 20.5. The molecule has 0 bridgehead atoms. The van der Waals surface area contributed by atoms with Gasteiger partial charge >= 0.3 is 0 Å². The second-order valence-electron chi connectivity index (χ2n) is 5.65. The largest absolute Gasteiger partial charge is 0.368 e. The number of aromatic nitrogens is 2. The Morgan fingerprint density at radius 2 is 2.15 bits per heavy atom. The first-order chi connectivity index (χ1) is 9.69. The van der Waals surface area contributed by atoms with Crippen molar-refractivity contribution in [2.75, 3.05) is 26.2 Å². The van der Waals surface area contributed by atoms with Gasteiger partial charge in [0.05, 0.1) is 6.61 Å². The lowest BCUT2D eigenvalue weighted by atomic mass is 10.2. The van der Waals surface area contributed by atoms with Crippen molar-refractivity contribution in [2.45, 2.75) is 45.9 Å². The molecular weight excluding hydrogens is 252 g/mol. The van der Waals surface area contributed by atoms with E-state index in [1.54, 1.807) is 0 Å². The molecule has 1 unspecified atom stereocenters. The number of nitrogens with zero attached hydrogens (tertiary/aromatic N) is 3. The van der Waals surface area contributed by atoms with Crippen LogP contribution in [0.4, 0.5) is 0 Å². The molecule has 2 heterocycles. The molecule has 1 atom stereocenters.